The number of anilines is 2. The molecule has 0 saturated carbocycles. The largest absolute Gasteiger partial charge is 0.490 e. The summed E-state index contributed by atoms with van der Waals surface area (Å²) >= 11 is 21.8. The summed E-state index contributed by atoms with van der Waals surface area (Å²) in [5.74, 6) is 2.50. The Morgan fingerprint density at radius 2 is 1.08 bits per heavy atom. The van der Waals surface area contributed by atoms with Crippen LogP contribution in [0.4, 0.5) is 17.1 Å². The Kier molecular flexibility index (Phi) is 22.0. The van der Waals surface area contributed by atoms with Crippen LogP contribution in [0.1, 0.15) is 7.43 Å². The van der Waals surface area contributed by atoms with Crippen LogP contribution in [0.2, 0.25) is 15.9 Å². The maximum Gasteiger partial charge on any atom is 0.273 e. The molecule has 6 aromatic rings. The number of nitrogens with one attached hydrogen (secondary N) is 1. The van der Waals surface area contributed by atoms with Crippen LogP contribution in [-0.4, -0.2) is 67.3 Å². The molecule has 3 aromatic heterocycles. The van der Waals surface area contributed by atoms with Crippen molar-refractivity contribution in [3.8, 4) is 52.1 Å². The van der Waals surface area contributed by atoms with Gasteiger partial charge in [0.15, 0.2) is 17.2 Å². The number of nitro benzene ring substituents is 1. The second kappa shape index (κ2) is 26.8. The minimum atomic E-state index is -0.517. The molecule has 0 aliphatic heterocycles. The first kappa shape index (κ1) is 51.8. The lowest BCUT2D eigenvalue weighted by Gasteiger charge is -2.10. The van der Waals surface area contributed by atoms with Gasteiger partial charge in [-0.25, -0.2) is 15.0 Å². The highest BCUT2D eigenvalue weighted by Crippen LogP contribution is 2.33. The van der Waals surface area contributed by atoms with E-state index in [0.717, 1.165) is 6.08 Å². The molecule has 0 saturated heterocycles. The van der Waals surface area contributed by atoms with Gasteiger partial charge in [-0.05, 0) is 88.9 Å². The topological polar surface area (TPSA) is 248 Å². The summed E-state index contributed by atoms with van der Waals surface area (Å²) in [6, 6.07) is 19.5. The van der Waals surface area contributed by atoms with Gasteiger partial charge in [0.25, 0.3) is 23.3 Å². The van der Waals surface area contributed by atoms with Gasteiger partial charge < -0.3 is 39.5 Å². The zero-order valence-electron chi connectivity index (χ0n) is 32.5. The van der Waals surface area contributed by atoms with Gasteiger partial charge in [-0.2, -0.15) is 15.0 Å². The zero-order chi connectivity index (χ0) is 45.6. The van der Waals surface area contributed by atoms with Crippen molar-refractivity contribution in [2.24, 2.45) is 0 Å². The molecule has 63 heavy (non-hydrogen) atoms. The standard InChI is InChI=1S/C14H12ClN3O3.C11H8ClN3O4.C11H10ClN3O2.C3H3ClO.CH4/c1-3-12(19)17-9-5-4-6-10(7-9)21-13-11(20-2)8-16-14(15)18-13;1-18-9-6-13-11(12)14-10(9)19-8-4-2-3-7(5-8)15(16)17;1-16-9-6-14-11(12)15-10(9)17-8-4-2-3-7(13)5-8;1-2-3(4)5;/h3-8H,1H2,2H3,(H,17,19);2-6H,1H3;2-6H,13H2,1H3;2H,1H2;1H4. The lowest BCUT2D eigenvalue weighted by atomic mass is 10.3. The number of nitrogens with two attached hydrogens (primary N) is 1. The number of amides is 1. The number of carbonyl (C=O) groups is 2. The molecule has 1 amide bonds. The van der Waals surface area contributed by atoms with Gasteiger partial charge in [0.05, 0.1) is 50.9 Å². The SMILES string of the molecule is C.C=CC(=O)Cl.C=CC(=O)Nc1cccc(Oc2nc(Cl)ncc2OC)c1.COc1cnc(Cl)nc1Oc1cccc(N)c1.COc1cnc(Cl)nc1Oc1cccc([N+](=O)[O-])c1. The number of hydrogen-bond donors (Lipinski definition) is 2. The van der Waals surface area contributed by atoms with Crippen molar-refractivity contribution in [2.75, 3.05) is 32.4 Å². The van der Waals surface area contributed by atoms with Gasteiger partial charge in [-0.3, -0.25) is 19.7 Å². The zero-order valence-corrected chi connectivity index (χ0v) is 35.6. The molecule has 0 atom stereocenters. The van der Waals surface area contributed by atoms with E-state index >= 15 is 0 Å². The number of nitrogens with zero attached hydrogens (tertiary/aromatic N) is 7. The summed E-state index contributed by atoms with van der Waals surface area (Å²) in [5.41, 5.74) is 6.72. The Morgan fingerprint density at radius 1 is 0.683 bits per heavy atom. The maximum atomic E-state index is 11.3. The normalized spacial score (nSPS) is 9.51. The van der Waals surface area contributed by atoms with Crippen LogP contribution in [0.5, 0.6) is 52.1 Å². The minimum absolute atomic E-state index is 0. The average molecular weight is 946 g/mol. The first-order chi connectivity index (χ1) is 29.7. The third kappa shape index (κ3) is 18.1. The number of carbonyl (C=O) groups excluding carboxylic acids is 2. The summed E-state index contributed by atoms with van der Waals surface area (Å²) < 4.78 is 31.7. The quantitative estimate of drug-likeness (QED) is 0.0273. The number of halogens is 4. The third-order valence-corrected chi connectivity index (χ3v) is 7.42. The van der Waals surface area contributed by atoms with Gasteiger partial charge in [0.1, 0.15) is 17.2 Å². The van der Waals surface area contributed by atoms with Crippen molar-refractivity contribution in [1.29, 1.82) is 0 Å². The van der Waals surface area contributed by atoms with Crippen molar-refractivity contribution in [1.82, 2.24) is 29.9 Å². The van der Waals surface area contributed by atoms with Gasteiger partial charge in [0.2, 0.25) is 27.0 Å². The predicted molar refractivity (Wildman–Crippen MR) is 238 cm³/mol. The molecule has 0 aliphatic rings. The number of aromatic nitrogens is 6. The lowest BCUT2D eigenvalue weighted by molar-refractivity contribution is -0.384. The monoisotopic (exact) mass is 943 g/mol. The molecule has 0 fully saturated rings. The maximum absolute atomic E-state index is 11.3. The van der Waals surface area contributed by atoms with Gasteiger partial charge in [-0.15, -0.1) is 0 Å². The molecule has 19 nitrogen and oxygen atoms in total. The molecule has 330 valence electrons. The number of ether oxygens (including phenoxy) is 6. The van der Waals surface area contributed by atoms with E-state index in [1.54, 1.807) is 54.6 Å². The van der Waals surface area contributed by atoms with Crippen molar-refractivity contribution < 1.29 is 42.9 Å². The molecular formula is C40H37Cl4N9O10. The van der Waals surface area contributed by atoms with E-state index in [0.29, 0.717) is 34.4 Å². The highest BCUT2D eigenvalue weighted by atomic mass is 35.5. The predicted octanol–water partition coefficient (Wildman–Crippen LogP) is 9.98. The molecule has 3 heterocycles. The van der Waals surface area contributed by atoms with Gasteiger partial charge in [-0.1, -0.05) is 38.8 Å². The van der Waals surface area contributed by atoms with Crippen LogP contribution in [0, 0.1) is 10.1 Å². The highest BCUT2D eigenvalue weighted by Gasteiger charge is 2.14. The number of hydrogen-bond acceptors (Lipinski definition) is 17. The Balaban J connectivity index is 0.000000307. The van der Waals surface area contributed by atoms with Gasteiger partial charge >= 0.3 is 0 Å². The Labute approximate surface area is 380 Å². The Morgan fingerprint density at radius 3 is 1.46 bits per heavy atom. The van der Waals surface area contributed by atoms with Crippen LogP contribution in [-0.2, 0) is 9.59 Å². The Bertz CT molecular complexity index is 2500. The van der Waals surface area contributed by atoms with Crippen molar-refractivity contribution >= 4 is 74.6 Å². The fourth-order valence-corrected chi connectivity index (χ4v) is 4.42. The first-order valence-corrected chi connectivity index (χ1v) is 18.4. The van der Waals surface area contributed by atoms with Crippen LogP contribution in [0.15, 0.2) is 117 Å². The summed E-state index contributed by atoms with van der Waals surface area (Å²) in [6.45, 7) is 6.47. The molecule has 0 unspecified atom stereocenters. The molecule has 3 N–H and O–H groups in total. The number of rotatable bonds is 13. The number of methoxy groups -OCH3 is 3. The first-order valence-electron chi connectivity index (χ1n) is 16.9. The van der Waals surface area contributed by atoms with E-state index in [1.165, 1.54) is 64.2 Å². The fraction of sp³-hybridized carbons (Fsp3) is 0.100. The van der Waals surface area contributed by atoms with Crippen LogP contribution >= 0.6 is 46.4 Å². The molecular weight excluding hydrogens is 908 g/mol. The summed E-state index contributed by atoms with van der Waals surface area (Å²) in [7, 11) is 4.39. The molecule has 0 bridgehead atoms. The van der Waals surface area contributed by atoms with Gasteiger partial charge in [0, 0.05) is 29.6 Å². The number of non-ortho nitro benzene ring substituents is 1. The fourth-order valence-electron chi connectivity index (χ4n) is 4.05. The third-order valence-electron chi connectivity index (χ3n) is 6.72. The van der Waals surface area contributed by atoms with Crippen molar-refractivity contribution in [2.45, 2.75) is 7.43 Å². The van der Waals surface area contributed by atoms with Crippen LogP contribution in [0.3, 0.4) is 0 Å². The van der Waals surface area contributed by atoms with Crippen LogP contribution < -0.4 is 39.5 Å². The van der Waals surface area contributed by atoms with E-state index in [1.807, 2.05) is 0 Å². The number of allylic oxidation sites excluding steroid dienone is 1. The van der Waals surface area contributed by atoms with E-state index in [4.69, 9.17) is 80.6 Å². The van der Waals surface area contributed by atoms with E-state index in [9.17, 15) is 19.7 Å². The number of benzene rings is 3. The second-order valence-corrected chi connectivity index (χ2v) is 12.3. The molecule has 3 aromatic carbocycles. The average Bonchev–Trinajstić information content (AvgIpc) is 3.25. The minimum Gasteiger partial charge on any atom is -0.490 e. The molecule has 0 spiro atoms. The molecule has 23 heteroatoms. The summed E-state index contributed by atoms with van der Waals surface area (Å²) in [4.78, 5) is 53.9. The number of nitro groups is 1. The summed E-state index contributed by atoms with van der Waals surface area (Å²) in [5, 5.41) is 12.9. The van der Waals surface area contributed by atoms with Crippen molar-refractivity contribution in [3.05, 3.63) is 143 Å². The smallest absolute Gasteiger partial charge is 0.273 e. The number of nitrogen functional groups attached to an aromatic ring is 1. The van der Waals surface area contributed by atoms with E-state index < -0.39 is 10.2 Å². The molecule has 6 rings (SSSR count). The lowest BCUT2D eigenvalue weighted by Crippen LogP contribution is -2.07. The summed E-state index contributed by atoms with van der Waals surface area (Å²) in [6.07, 6.45) is 6.43. The molecule has 0 radical (unpaired) electrons. The van der Waals surface area contributed by atoms with E-state index in [-0.39, 0.29) is 64.0 Å². The Hall–Kier alpha value is -7.32. The second-order valence-electron chi connectivity index (χ2n) is 10.9. The highest BCUT2D eigenvalue weighted by molar-refractivity contribution is 6.66. The molecule has 0 aliphatic carbocycles. The van der Waals surface area contributed by atoms with E-state index in [2.05, 4.69) is 48.4 Å². The van der Waals surface area contributed by atoms with Crippen molar-refractivity contribution in [3.63, 3.8) is 0 Å². The van der Waals surface area contributed by atoms with Crippen LogP contribution in [0.25, 0.3) is 0 Å².